The first kappa shape index (κ1) is 36.5. The summed E-state index contributed by atoms with van der Waals surface area (Å²) in [5.41, 5.74) is 9.76. The molecule has 0 aliphatic rings. The van der Waals surface area contributed by atoms with Crippen molar-refractivity contribution < 1.29 is 4.74 Å². The van der Waals surface area contributed by atoms with Crippen molar-refractivity contribution in [2.24, 2.45) is 0 Å². The Kier molecular flexibility index (Phi) is 11.0. The Morgan fingerprint density at radius 2 is 0.889 bits per heavy atom. The molecule has 0 radical (unpaired) electrons. The summed E-state index contributed by atoms with van der Waals surface area (Å²) in [7, 11) is 0. The molecule has 0 aliphatic heterocycles. The molecule has 0 amide bonds. The number of aromatic nitrogens is 6. The summed E-state index contributed by atoms with van der Waals surface area (Å²) >= 11 is 0. The molecule has 2 aromatic heterocycles. The van der Waals surface area contributed by atoms with Crippen molar-refractivity contribution in [3.63, 3.8) is 0 Å². The minimum Gasteiger partial charge on any atom is -0.424 e. The van der Waals surface area contributed by atoms with Crippen molar-refractivity contribution in [1.82, 2.24) is 29.9 Å². The topological polar surface area (TPSA) is 194 Å². The summed E-state index contributed by atoms with van der Waals surface area (Å²) < 4.78 is 6.23. The van der Waals surface area contributed by atoms with Gasteiger partial charge in [-0.3, -0.25) is 0 Å². The Morgan fingerprint density at radius 1 is 0.500 bits per heavy atom. The number of benzene rings is 4. The van der Waals surface area contributed by atoms with Gasteiger partial charge in [0.2, 0.25) is 29.7 Å². The summed E-state index contributed by atoms with van der Waals surface area (Å²) in [5, 5.41) is 34.7. The average molecular weight is 718 g/mol. The molecule has 0 bridgehead atoms. The van der Waals surface area contributed by atoms with E-state index in [9.17, 15) is 10.5 Å². The number of ether oxygens (including phenoxy) is 1. The van der Waals surface area contributed by atoms with Gasteiger partial charge < -0.3 is 31.3 Å². The second-order valence-corrected chi connectivity index (χ2v) is 12.8. The Hall–Kier alpha value is -7.32. The molecule has 0 fully saturated rings. The first-order valence-corrected chi connectivity index (χ1v) is 17.2. The highest BCUT2D eigenvalue weighted by Gasteiger charge is 2.14. The zero-order chi connectivity index (χ0) is 38.2. The molecule has 0 aliphatic carbocycles. The third-order valence-corrected chi connectivity index (χ3v) is 8.19. The number of rotatable bonds is 13. The fourth-order valence-corrected chi connectivity index (χ4v) is 5.87. The highest BCUT2D eigenvalue weighted by atomic mass is 16.5. The number of nitrogens with zero attached hydrogens (tertiary/aromatic N) is 8. The summed E-state index contributed by atoms with van der Waals surface area (Å²) in [6.07, 6.45) is 0. The molecule has 6 rings (SSSR count). The van der Waals surface area contributed by atoms with Gasteiger partial charge in [-0.05, 0) is 112 Å². The zero-order valence-corrected chi connectivity index (χ0v) is 30.8. The van der Waals surface area contributed by atoms with Gasteiger partial charge in [0.05, 0.1) is 23.3 Å². The van der Waals surface area contributed by atoms with Crippen LogP contribution in [0.2, 0.25) is 0 Å². The van der Waals surface area contributed by atoms with Crippen LogP contribution in [0.1, 0.15) is 44.5 Å². The number of hydrogen-bond acceptors (Lipinski definition) is 14. The van der Waals surface area contributed by atoms with Crippen molar-refractivity contribution >= 4 is 46.8 Å². The number of anilines is 8. The second-order valence-electron chi connectivity index (χ2n) is 12.8. The van der Waals surface area contributed by atoms with Gasteiger partial charge >= 0.3 is 6.01 Å². The molecule has 0 atom stereocenters. The Balaban J connectivity index is 1.21. The van der Waals surface area contributed by atoms with Crippen molar-refractivity contribution in [3.05, 3.63) is 117 Å². The lowest BCUT2D eigenvalue weighted by atomic mass is 10.1. The number of hydrogen-bond donors (Lipinski definition) is 5. The molecule has 14 heteroatoms. The lowest BCUT2D eigenvalue weighted by molar-refractivity contribution is 0.435. The van der Waals surface area contributed by atoms with E-state index in [0.29, 0.717) is 53.5 Å². The molecule has 270 valence electrons. The minimum atomic E-state index is 0.111. The third kappa shape index (κ3) is 9.31. The van der Waals surface area contributed by atoms with E-state index in [-0.39, 0.29) is 17.9 Å². The second kappa shape index (κ2) is 16.4. The van der Waals surface area contributed by atoms with Gasteiger partial charge in [-0.2, -0.15) is 40.4 Å². The molecular weight excluding hydrogens is 679 g/mol. The van der Waals surface area contributed by atoms with Crippen LogP contribution in [0.4, 0.5) is 46.8 Å². The fraction of sp³-hybridized carbons (Fsp3) is 0.200. The minimum absolute atomic E-state index is 0.111. The monoisotopic (exact) mass is 717 g/mol. The predicted molar refractivity (Wildman–Crippen MR) is 210 cm³/mol. The zero-order valence-electron chi connectivity index (χ0n) is 30.8. The van der Waals surface area contributed by atoms with Gasteiger partial charge in [-0.15, -0.1) is 0 Å². The van der Waals surface area contributed by atoms with E-state index >= 15 is 0 Å². The van der Waals surface area contributed by atoms with Gasteiger partial charge in [0.25, 0.3) is 0 Å². The van der Waals surface area contributed by atoms with E-state index in [1.54, 1.807) is 48.5 Å². The van der Waals surface area contributed by atoms with Crippen LogP contribution in [-0.4, -0.2) is 43.0 Å². The first-order valence-electron chi connectivity index (χ1n) is 17.2. The molecule has 4 aromatic carbocycles. The van der Waals surface area contributed by atoms with Crippen molar-refractivity contribution in [3.8, 4) is 23.9 Å². The molecule has 2 heterocycles. The van der Waals surface area contributed by atoms with Crippen LogP contribution < -0.4 is 31.3 Å². The highest BCUT2D eigenvalue weighted by molar-refractivity contribution is 5.66. The molecule has 6 aromatic rings. The van der Waals surface area contributed by atoms with E-state index in [2.05, 4.69) is 87.7 Å². The first-order chi connectivity index (χ1) is 26.0. The van der Waals surface area contributed by atoms with Crippen LogP contribution in [0.25, 0.3) is 0 Å². The lowest BCUT2D eigenvalue weighted by Gasteiger charge is -2.15. The quantitative estimate of drug-likeness (QED) is 0.0717. The smallest absolute Gasteiger partial charge is 0.328 e. The number of nitriles is 2. The molecule has 0 saturated carbocycles. The normalized spacial score (nSPS) is 10.5. The maximum atomic E-state index is 9.21. The Morgan fingerprint density at radius 3 is 1.37 bits per heavy atom. The maximum absolute atomic E-state index is 9.21. The molecule has 0 unspecified atom stereocenters. The van der Waals surface area contributed by atoms with Crippen molar-refractivity contribution in [2.75, 3.05) is 39.7 Å². The summed E-state index contributed by atoms with van der Waals surface area (Å²) in [5.74, 6) is 2.22. The van der Waals surface area contributed by atoms with Gasteiger partial charge in [-0.1, -0.05) is 35.4 Å². The van der Waals surface area contributed by atoms with Crippen LogP contribution in [0.5, 0.6) is 11.8 Å². The van der Waals surface area contributed by atoms with Crippen molar-refractivity contribution in [2.45, 2.75) is 41.5 Å². The molecule has 5 N–H and O–H groups in total. The van der Waals surface area contributed by atoms with Crippen LogP contribution in [0, 0.1) is 64.2 Å². The molecule has 14 nitrogen and oxygen atoms in total. The van der Waals surface area contributed by atoms with E-state index in [4.69, 9.17) is 4.74 Å². The van der Waals surface area contributed by atoms with E-state index < -0.39 is 0 Å². The van der Waals surface area contributed by atoms with Gasteiger partial charge in [0.15, 0.2) is 0 Å². The highest BCUT2D eigenvalue weighted by Crippen LogP contribution is 2.30. The SMILES string of the molecule is Cc1cc(C)c(Nc2nc(NCCNc3nc(Nc4ccc(C#N)cc4)nc(Oc4c(C)cc(C)cc4C)n3)nc(Nc3ccc(C#N)cc3)n2)c(C)c1. The molecule has 54 heavy (non-hydrogen) atoms. The maximum Gasteiger partial charge on any atom is 0.328 e. The predicted octanol–water partition coefficient (Wildman–Crippen LogP) is 8.20. The molecule has 0 saturated heterocycles. The van der Waals surface area contributed by atoms with Gasteiger partial charge in [0, 0.05) is 30.2 Å². The van der Waals surface area contributed by atoms with E-state index in [1.165, 1.54) is 5.56 Å². The van der Waals surface area contributed by atoms with Crippen LogP contribution >= 0.6 is 0 Å². The van der Waals surface area contributed by atoms with Crippen LogP contribution in [-0.2, 0) is 0 Å². The van der Waals surface area contributed by atoms with E-state index in [1.807, 2.05) is 46.8 Å². The van der Waals surface area contributed by atoms with Gasteiger partial charge in [0.1, 0.15) is 5.75 Å². The van der Waals surface area contributed by atoms with Gasteiger partial charge in [-0.25, -0.2) is 0 Å². The fourth-order valence-electron chi connectivity index (χ4n) is 5.87. The molecular formula is C40H39N13O. The van der Waals surface area contributed by atoms with E-state index in [0.717, 1.165) is 39.2 Å². The van der Waals surface area contributed by atoms with Crippen LogP contribution in [0.15, 0.2) is 72.8 Å². The average Bonchev–Trinajstić information content (AvgIpc) is 3.14. The standard InChI is InChI=1S/C40H39N13O/c1-23-17-25(3)33(26(4)18-23)47-39-49-35(48-37(51-39)45-31-11-7-29(21-41)8-12-31)43-15-16-44-36-50-38(46-32-13-9-30(22-42)10-14-32)53-40(52-36)54-34-27(5)19-24(2)20-28(34)6/h7-14,17-20H,15-16H2,1-6H3,(H2,44,46,50,52,53)(H3,43,45,47,48,49,51). The number of nitrogens with one attached hydrogen (secondary N) is 5. The Labute approximate surface area is 313 Å². The number of aryl methyl sites for hydroxylation is 6. The molecule has 0 spiro atoms. The lowest BCUT2D eigenvalue weighted by Crippen LogP contribution is -2.18. The summed E-state index contributed by atoms with van der Waals surface area (Å²) in [6, 6.07) is 26.6. The van der Waals surface area contributed by atoms with Crippen molar-refractivity contribution in [1.29, 1.82) is 10.5 Å². The third-order valence-electron chi connectivity index (χ3n) is 8.19. The summed E-state index contributed by atoms with van der Waals surface area (Å²) in [6.45, 7) is 12.9. The summed E-state index contributed by atoms with van der Waals surface area (Å²) in [4.78, 5) is 27.6. The van der Waals surface area contributed by atoms with Crippen LogP contribution in [0.3, 0.4) is 0 Å². The largest absolute Gasteiger partial charge is 0.424 e. The Bertz CT molecular complexity index is 2170.